The lowest BCUT2D eigenvalue weighted by molar-refractivity contribution is -0.138. The van der Waals surface area contributed by atoms with E-state index < -0.39 is 58.1 Å². The lowest BCUT2D eigenvalue weighted by atomic mass is 9.73. The van der Waals surface area contributed by atoms with Crippen molar-refractivity contribution in [2.75, 3.05) is 0 Å². The van der Waals surface area contributed by atoms with Gasteiger partial charge in [-0.2, -0.15) is 36.9 Å². The average Bonchev–Trinajstić information content (AvgIpc) is 3.05. The van der Waals surface area contributed by atoms with Gasteiger partial charge in [0.25, 0.3) is 0 Å². The molecule has 0 fully saturated rings. The molecule has 250 valence electrons. The van der Waals surface area contributed by atoms with Gasteiger partial charge in [-0.3, -0.25) is 9.97 Å². The minimum Gasteiger partial charge on any atom is -0.256 e. The van der Waals surface area contributed by atoms with Crippen LogP contribution in [0.1, 0.15) is 45.1 Å². The van der Waals surface area contributed by atoms with Gasteiger partial charge in [0.15, 0.2) is 0 Å². The van der Waals surface area contributed by atoms with E-state index in [4.69, 9.17) is 5.26 Å². The summed E-state index contributed by atoms with van der Waals surface area (Å²) in [6.07, 6.45) is -7.88. The highest BCUT2D eigenvalue weighted by Gasteiger charge is 2.40. The first kappa shape index (κ1) is 36.1. The number of halogens is 10. The van der Waals surface area contributed by atoms with Crippen molar-refractivity contribution in [1.82, 2.24) is 9.97 Å². The number of hydrogen-bond donors (Lipinski definition) is 0. The monoisotopic (exact) mass is 686 g/mol. The summed E-state index contributed by atoms with van der Waals surface area (Å²) in [6.45, 7) is 0. The van der Waals surface area contributed by atoms with E-state index in [2.05, 4.69) is 9.97 Å². The molecule has 0 aliphatic heterocycles. The fraction of sp³-hybridized carbons (Fsp3) is 0.143. The van der Waals surface area contributed by atoms with Gasteiger partial charge in [-0.25, -0.2) is 17.6 Å². The first-order valence-corrected chi connectivity index (χ1v) is 13.9. The maximum Gasteiger partial charge on any atom is 0.416 e. The minimum atomic E-state index is -4.79. The smallest absolute Gasteiger partial charge is 0.256 e. The van der Waals surface area contributed by atoms with Crippen LogP contribution in [0.4, 0.5) is 43.9 Å². The molecule has 5 rings (SSSR count). The van der Waals surface area contributed by atoms with E-state index in [0.29, 0.717) is 23.8 Å². The Hall–Kier alpha value is -5.76. The van der Waals surface area contributed by atoms with Crippen molar-refractivity contribution in [3.63, 3.8) is 0 Å². The topological polar surface area (TPSA) is 73.4 Å². The van der Waals surface area contributed by atoms with Crippen LogP contribution in [0.3, 0.4) is 0 Å². The van der Waals surface area contributed by atoms with E-state index in [1.807, 2.05) is 6.07 Å². The first-order chi connectivity index (χ1) is 23.1. The molecule has 0 radical (unpaired) electrons. The zero-order valence-corrected chi connectivity index (χ0v) is 24.7. The largest absolute Gasteiger partial charge is 0.416 e. The summed E-state index contributed by atoms with van der Waals surface area (Å²) in [4.78, 5) is 7.56. The van der Waals surface area contributed by atoms with Gasteiger partial charge in [0, 0.05) is 6.42 Å². The summed E-state index contributed by atoms with van der Waals surface area (Å²) in [5.74, 6) is -4.76. The molecule has 5 aromatic rings. The van der Waals surface area contributed by atoms with Crippen molar-refractivity contribution < 1.29 is 43.9 Å². The molecular formula is C35H20F10N4. The minimum absolute atomic E-state index is 0.0268. The average molecular weight is 687 g/mol. The predicted octanol–water partition coefficient (Wildman–Crippen LogP) is 9.47. The standard InChI is InChI=1S/C21H13F5N2.C14H7F5N2/c22-17-6-7-19(28-12-17)20(13-27,11-14-4-2-1-3-5-14)15-8-16(21(24,25)26)10-18(23)9-15;15-10-1-2-13(21-7-10)12(6-20)8-3-9(14(17,18)19)5-11(16)4-8/h1-10,12H,11H2;1-5,7,12H. The summed E-state index contributed by atoms with van der Waals surface area (Å²) in [5, 5.41) is 19.1. The van der Waals surface area contributed by atoms with Gasteiger partial charge in [0.2, 0.25) is 0 Å². The van der Waals surface area contributed by atoms with Gasteiger partial charge in [-0.05, 0) is 77.4 Å². The maximum absolute atomic E-state index is 14.1. The van der Waals surface area contributed by atoms with Crippen LogP contribution in [0.15, 0.2) is 103 Å². The fourth-order valence-electron chi connectivity index (χ4n) is 4.84. The van der Waals surface area contributed by atoms with Crippen LogP contribution < -0.4 is 0 Å². The van der Waals surface area contributed by atoms with Crippen molar-refractivity contribution in [1.29, 1.82) is 10.5 Å². The molecule has 0 saturated heterocycles. The van der Waals surface area contributed by atoms with Gasteiger partial charge in [0.05, 0.1) is 47.0 Å². The van der Waals surface area contributed by atoms with Gasteiger partial charge in [-0.15, -0.1) is 0 Å². The number of hydrogen-bond acceptors (Lipinski definition) is 4. The zero-order chi connectivity index (χ0) is 36.0. The Morgan fingerprint density at radius 2 is 1.14 bits per heavy atom. The number of nitrogens with zero attached hydrogens (tertiary/aromatic N) is 4. The Morgan fingerprint density at radius 3 is 1.65 bits per heavy atom. The summed E-state index contributed by atoms with van der Waals surface area (Å²) >= 11 is 0. The summed E-state index contributed by atoms with van der Waals surface area (Å²) in [5.41, 5.74) is -3.84. The normalized spacial score (nSPS) is 13.2. The highest BCUT2D eigenvalue weighted by atomic mass is 19.4. The van der Waals surface area contributed by atoms with Crippen molar-refractivity contribution in [3.8, 4) is 12.1 Å². The van der Waals surface area contributed by atoms with Crippen molar-refractivity contribution in [2.45, 2.75) is 30.1 Å². The van der Waals surface area contributed by atoms with Crippen LogP contribution in [-0.2, 0) is 24.2 Å². The van der Waals surface area contributed by atoms with Crippen molar-refractivity contribution >= 4 is 0 Å². The quantitative estimate of drug-likeness (QED) is 0.167. The number of pyridine rings is 2. The van der Waals surface area contributed by atoms with E-state index in [9.17, 15) is 49.2 Å². The number of nitriles is 2. The molecule has 0 aliphatic rings. The van der Waals surface area contributed by atoms with Gasteiger partial charge in [-0.1, -0.05) is 30.3 Å². The molecule has 2 heterocycles. The fourth-order valence-corrected chi connectivity index (χ4v) is 4.84. The number of benzene rings is 3. The lowest BCUT2D eigenvalue weighted by Gasteiger charge is -2.28. The lowest BCUT2D eigenvalue weighted by Crippen LogP contribution is -2.30. The van der Waals surface area contributed by atoms with Crippen LogP contribution >= 0.6 is 0 Å². The third kappa shape index (κ3) is 8.78. The van der Waals surface area contributed by atoms with Gasteiger partial charge in [0.1, 0.15) is 34.6 Å². The molecule has 0 saturated carbocycles. The Bertz CT molecular complexity index is 1980. The second-order valence-electron chi connectivity index (χ2n) is 10.5. The molecular weight excluding hydrogens is 666 g/mol. The van der Waals surface area contributed by atoms with E-state index in [-0.39, 0.29) is 28.9 Å². The van der Waals surface area contributed by atoms with Crippen LogP contribution in [0.2, 0.25) is 0 Å². The molecule has 0 N–H and O–H groups in total. The third-order valence-corrected chi connectivity index (χ3v) is 7.14. The van der Waals surface area contributed by atoms with Gasteiger partial charge < -0.3 is 0 Å². The van der Waals surface area contributed by atoms with Crippen LogP contribution in [0, 0.1) is 45.9 Å². The maximum atomic E-state index is 14.1. The second-order valence-corrected chi connectivity index (χ2v) is 10.5. The molecule has 2 unspecified atom stereocenters. The van der Waals surface area contributed by atoms with E-state index in [0.717, 1.165) is 42.7 Å². The Kier molecular flexibility index (Phi) is 10.7. The number of alkyl halides is 6. The summed E-state index contributed by atoms with van der Waals surface area (Å²) < 4.78 is 131. The highest BCUT2D eigenvalue weighted by Crippen LogP contribution is 2.39. The molecule has 0 aliphatic carbocycles. The molecule has 49 heavy (non-hydrogen) atoms. The van der Waals surface area contributed by atoms with E-state index in [1.165, 1.54) is 12.1 Å². The zero-order valence-electron chi connectivity index (χ0n) is 24.7. The number of aromatic nitrogens is 2. The molecule has 14 heteroatoms. The van der Waals surface area contributed by atoms with Crippen LogP contribution in [0.5, 0.6) is 0 Å². The summed E-state index contributed by atoms with van der Waals surface area (Å²) in [7, 11) is 0. The Labute approximate surface area is 272 Å². The SMILES string of the molecule is N#CC(Cc1ccccc1)(c1cc(F)cc(C(F)(F)F)c1)c1ccc(F)cn1.N#CC(c1cc(F)cc(C(F)(F)F)c1)c1ccc(F)cn1. The molecule has 0 bridgehead atoms. The van der Waals surface area contributed by atoms with Crippen molar-refractivity contribution in [2.24, 2.45) is 0 Å². The second kappa shape index (κ2) is 14.6. The molecule has 4 nitrogen and oxygen atoms in total. The van der Waals surface area contributed by atoms with E-state index >= 15 is 0 Å². The van der Waals surface area contributed by atoms with Crippen LogP contribution in [0.25, 0.3) is 0 Å². The Morgan fingerprint density at radius 1 is 0.592 bits per heavy atom. The summed E-state index contributed by atoms with van der Waals surface area (Å²) in [6, 6.07) is 20.6. The molecule has 0 amide bonds. The number of rotatable bonds is 6. The molecule has 0 spiro atoms. The van der Waals surface area contributed by atoms with Gasteiger partial charge >= 0.3 is 12.4 Å². The molecule has 2 aromatic heterocycles. The highest BCUT2D eigenvalue weighted by molar-refractivity contribution is 5.47. The van der Waals surface area contributed by atoms with Crippen LogP contribution in [-0.4, -0.2) is 9.97 Å². The predicted molar refractivity (Wildman–Crippen MR) is 155 cm³/mol. The van der Waals surface area contributed by atoms with E-state index in [1.54, 1.807) is 36.4 Å². The first-order valence-electron chi connectivity index (χ1n) is 13.9. The molecule has 2 atom stereocenters. The third-order valence-electron chi connectivity index (χ3n) is 7.14. The molecule has 3 aromatic carbocycles. The van der Waals surface area contributed by atoms with Crippen molar-refractivity contribution in [3.05, 3.63) is 166 Å². The Balaban J connectivity index is 0.000000230.